The molecule has 1 fully saturated rings. The molecule has 1 aromatic heterocycles. The topological polar surface area (TPSA) is 52.8 Å². The molecule has 1 aliphatic heterocycles. The summed E-state index contributed by atoms with van der Waals surface area (Å²) in [5, 5.41) is 8.67. The molecule has 2 rings (SSSR count). The molecule has 1 aromatic rings. The highest BCUT2D eigenvalue weighted by atomic mass is 15.3. The summed E-state index contributed by atoms with van der Waals surface area (Å²) in [6, 6.07) is 2.03. The smallest absolute Gasteiger partial charge is 0.225 e. The van der Waals surface area contributed by atoms with Crippen LogP contribution in [0.5, 0.6) is 0 Å². The maximum Gasteiger partial charge on any atom is 0.225 e. The van der Waals surface area contributed by atoms with Crippen LogP contribution >= 0.6 is 0 Å². The third-order valence-corrected chi connectivity index (χ3v) is 3.22. The zero-order chi connectivity index (χ0) is 11.5. The van der Waals surface area contributed by atoms with Crippen molar-refractivity contribution >= 4 is 5.95 Å². The molecule has 0 N–H and O–H groups in total. The van der Waals surface area contributed by atoms with Gasteiger partial charge in [-0.15, -0.1) is 0 Å². The Kier molecular flexibility index (Phi) is 3.04. The normalized spacial score (nSPS) is 20.1. The Morgan fingerprint density at radius 2 is 2.12 bits per heavy atom. The van der Waals surface area contributed by atoms with Crippen molar-refractivity contribution in [2.75, 3.05) is 18.0 Å². The number of anilines is 1. The second-order valence-electron chi connectivity index (χ2n) is 4.62. The maximum atomic E-state index is 8.67. The van der Waals surface area contributed by atoms with Crippen molar-refractivity contribution in [2.24, 2.45) is 11.8 Å². The van der Waals surface area contributed by atoms with Gasteiger partial charge in [-0.1, -0.05) is 13.8 Å². The van der Waals surface area contributed by atoms with Gasteiger partial charge in [0.05, 0.1) is 18.0 Å². The first-order valence-corrected chi connectivity index (χ1v) is 5.68. The van der Waals surface area contributed by atoms with E-state index in [1.54, 1.807) is 12.4 Å². The highest BCUT2D eigenvalue weighted by Crippen LogP contribution is 2.25. The molecule has 0 bridgehead atoms. The van der Waals surface area contributed by atoms with E-state index < -0.39 is 0 Å². The Balaban J connectivity index is 2.06. The van der Waals surface area contributed by atoms with Gasteiger partial charge >= 0.3 is 0 Å². The van der Waals surface area contributed by atoms with Gasteiger partial charge in [0.2, 0.25) is 5.95 Å². The third kappa shape index (κ3) is 2.13. The number of nitriles is 1. The van der Waals surface area contributed by atoms with Gasteiger partial charge in [-0.25, -0.2) is 9.97 Å². The van der Waals surface area contributed by atoms with Crippen molar-refractivity contribution in [3.63, 3.8) is 0 Å². The van der Waals surface area contributed by atoms with Crippen LogP contribution < -0.4 is 4.90 Å². The summed E-state index contributed by atoms with van der Waals surface area (Å²) in [5.41, 5.74) is 0.517. The summed E-state index contributed by atoms with van der Waals surface area (Å²) in [4.78, 5) is 10.6. The van der Waals surface area contributed by atoms with Crippen molar-refractivity contribution in [3.8, 4) is 6.07 Å². The largest absolute Gasteiger partial charge is 0.341 e. The number of aromatic nitrogens is 2. The van der Waals surface area contributed by atoms with Crippen LogP contribution in [0.4, 0.5) is 5.95 Å². The fourth-order valence-corrected chi connectivity index (χ4v) is 2.06. The van der Waals surface area contributed by atoms with Gasteiger partial charge in [0.15, 0.2) is 0 Å². The molecular formula is C12H16N4. The summed E-state index contributed by atoms with van der Waals surface area (Å²) in [5.74, 6) is 2.20. The Morgan fingerprint density at radius 3 is 2.62 bits per heavy atom. The lowest BCUT2D eigenvalue weighted by atomic mass is 9.95. The van der Waals surface area contributed by atoms with E-state index >= 15 is 0 Å². The number of rotatable bonds is 2. The average Bonchev–Trinajstić information content (AvgIpc) is 2.78. The molecule has 1 saturated heterocycles. The van der Waals surface area contributed by atoms with E-state index in [0.29, 0.717) is 11.5 Å². The summed E-state index contributed by atoms with van der Waals surface area (Å²) < 4.78 is 0. The Labute approximate surface area is 95.9 Å². The molecule has 2 heterocycles. The van der Waals surface area contributed by atoms with E-state index in [9.17, 15) is 0 Å². The van der Waals surface area contributed by atoms with E-state index in [-0.39, 0.29) is 0 Å². The number of hydrogen-bond acceptors (Lipinski definition) is 4. The van der Waals surface area contributed by atoms with E-state index in [2.05, 4.69) is 28.7 Å². The summed E-state index contributed by atoms with van der Waals surface area (Å²) >= 11 is 0. The van der Waals surface area contributed by atoms with E-state index in [1.165, 1.54) is 6.42 Å². The molecule has 4 nitrogen and oxygen atoms in total. The van der Waals surface area contributed by atoms with Crippen molar-refractivity contribution in [1.82, 2.24) is 9.97 Å². The van der Waals surface area contributed by atoms with Crippen molar-refractivity contribution in [3.05, 3.63) is 18.0 Å². The molecule has 0 aromatic carbocycles. The molecule has 0 amide bonds. The fraction of sp³-hybridized carbons (Fsp3) is 0.583. The highest BCUT2D eigenvalue weighted by molar-refractivity contribution is 5.34. The van der Waals surface area contributed by atoms with Crippen molar-refractivity contribution < 1.29 is 0 Å². The highest BCUT2D eigenvalue weighted by Gasteiger charge is 2.26. The molecular weight excluding hydrogens is 200 g/mol. The Hall–Kier alpha value is -1.63. The van der Waals surface area contributed by atoms with Crippen LogP contribution in [0.3, 0.4) is 0 Å². The third-order valence-electron chi connectivity index (χ3n) is 3.22. The van der Waals surface area contributed by atoms with Crippen LogP contribution in [-0.4, -0.2) is 23.1 Å². The van der Waals surface area contributed by atoms with Crippen LogP contribution in [0.1, 0.15) is 25.8 Å². The van der Waals surface area contributed by atoms with Gasteiger partial charge in [-0.05, 0) is 18.3 Å². The summed E-state index contributed by atoms with van der Waals surface area (Å²) in [6.07, 6.45) is 4.39. The molecule has 0 unspecified atom stereocenters. The van der Waals surface area contributed by atoms with Gasteiger partial charge < -0.3 is 4.90 Å². The van der Waals surface area contributed by atoms with Gasteiger partial charge in [0, 0.05) is 13.1 Å². The molecule has 4 heteroatoms. The average molecular weight is 216 g/mol. The molecule has 16 heavy (non-hydrogen) atoms. The maximum absolute atomic E-state index is 8.67. The van der Waals surface area contributed by atoms with Gasteiger partial charge in [-0.2, -0.15) is 5.26 Å². The lowest BCUT2D eigenvalue weighted by Gasteiger charge is -2.17. The molecule has 1 atom stereocenters. The molecule has 0 spiro atoms. The molecule has 0 radical (unpaired) electrons. The predicted octanol–water partition coefficient (Wildman–Crippen LogP) is 1.83. The SMILES string of the molecule is CC(C)[C@H]1CCN(c2ncc(C#N)cn2)C1. The predicted molar refractivity (Wildman–Crippen MR) is 61.9 cm³/mol. The second kappa shape index (κ2) is 4.48. The number of hydrogen-bond donors (Lipinski definition) is 0. The van der Waals surface area contributed by atoms with Gasteiger partial charge in [0.1, 0.15) is 6.07 Å². The van der Waals surface area contributed by atoms with Crippen LogP contribution in [-0.2, 0) is 0 Å². The molecule has 1 aliphatic rings. The first kappa shape index (κ1) is 10.9. The van der Waals surface area contributed by atoms with Crippen LogP contribution in [0.25, 0.3) is 0 Å². The van der Waals surface area contributed by atoms with Gasteiger partial charge in [-0.3, -0.25) is 0 Å². The standard InChI is InChI=1S/C12H16N4/c1-9(2)11-3-4-16(8-11)12-14-6-10(5-13)7-15-12/h6-7,9,11H,3-4,8H2,1-2H3/t11-/m0/s1. The minimum Gasteiger partial charge on any atom is -0.341 e. The number of nitrogens with zero attached hydrogens (tertiary/aromatic N) is 4. The lowest BCUT2D eigenvalue weighted by molar-refractivity contribution is 0.422. The Morgan fingerprint density at radius 1 is 1.44 bits per heavy atom. The quantitative estimate of drug-likeness (QED) is 0.756. The second-order valence-corrected chi connectivity index (χ2v) is 4.62. The van der Waals surface area contributed by atoms with E-state index in [4.69, 9.17) is 5.26 Å². The summed E-state index contributed by atoms with van der Waals surface area (Å²) in [7, 11) is 0. The zero-order valence-electron chi connectivity index (χ0n) is 9.72. The van der Waals surface area contributed by atoms with Crippen LogP contribution in [0.15, 0.2) is 12.4 Å². The summed E-state index contributed by atoms with van der Waals surface area (Å²) in [6.45, 7) is 6.57. The minimum atomic E-state index is 0.517. The van der Waals surface area contributed by atoms with Crippen LogP contribution in [0.2, 0.25) is 0 Å². The monoisotopic (exact) mass is 216 g/mol. The lowest BCUT2D eigenvalue weighted by Crippen LogP contribution is -2.23. The van der Waals surface area contributed by atoms with Crippen LogP contribution in [0, 0.1) is 23.2 Å². The fourth-order valence-electron chi connectivity index (χ4n) is 2.06. The van der Waals surface area contributed by atoms with Crippen molar-refractivity contribution in [1.29, 1.82) is 5.26 Å². The molecule has 0 aliphatic carbocycles. The Bertz CT molecular complexity index is 390. The minimum absolute atomic E-state index is 0.517. The van der Waals surface area contributed by atoms with E-state index in [1.807, 2.05) is 6.07 Å². The first-order valence-electron chi connectivity index (χ1n) is 5.68. The first-order chi connectivity index (χ1) is 7.70. The molecule has 84 valence electrons. The van der Waals surface area contributed by atoms with E-state index in [0.717, 1.165) is 25.0 Å². The van der Waals surface area contributed by atoms with Gasteiger partial charge in [0.25, 0.3) is 0 Å². The zero-order valence-corrected chi connectivity index (χ0v) is 9.72. The van der Waals surface area contributed by atoms with Crippen molar-refractivity contribution in [2.45, 2.75) is 20.3 Å². The molecule has 0 saturated carbocycles.